The topological polar surface area (TPSA) is 128 Å². The Morgan fingerprint density at radius 1 is 1.07 bits per heavy atom. The van der Waals surface area contributed by atoms with Crippen molar-refractivity contribution in [2.75, 3.05) is 31.3 Å². The fourth-order valence-corrected chi connectivity index (χ4v) is 6.21. The number of hydrogen-bond acceptors (Lipinski definition) is 7. The van der Waals surface area contributed by atoms with E-state index in [9.17, 15) is 19.0 Å². The number of rotatable bonds is 6. The van der Waals surface area contributed by atoms with Gasteiger partial charge in [0, 0.05) is 53.2 Å². The van der Waals surface area contributed by atoms with E-state index in [0.29, 0.717) is 11.3 Å². The highest BCUT2D eigenvalue weighted by Crippen LogP contribution is 2.43. The van der Waals surface area contributed by atoms with E-state index < -0.39 is 26.8 Å². The summed E-state index contributed by atoms with van der Waals surface area (Å²) in [5.74, 6) is -0.460. The van der Waals surface area contributed by atoms with Gasteiger partial charge in [-0.15, -0.1) is 0 Å². The Kier molecular flexibility index (Phi) is 5.90. The first-order chi connectivity index (χ1) is 19.3. The van der Waals surface area contributed by atoms with Crippen molar-refractivity contribution < 1.29 is 23.6 Å². The van der Waals surface area contributed by atoms with Gasteiger partial charge in [0.2, 0.25) is 0 Å². The fraction of sp³-hybridized carbons (Fsp3) is 0.276. The summed E-state index contributed by atoms with van der Waals surface area (Å²) in [6.45, 7) is 3.78. The third kappa shape index (κ3) is 4.07. The molecular weight excluding hydrogens is 529 g/mol. The Hall–Kier alpha value is -3.82. The number of imide groups is 1. The highest BCUT2D eigenvalue weighted by molar-refractivity contribution is 7.32. The number of hydrogen-bond donors (Lipinski definition) is 3. The predicted molar refractivity (Wildman–Crippen MR) is 153 cm³/mol. The zero-order valence-electron chi connectivity index (χ0n) is 21.9. The second kappa shape index (κ2) is 9.38. The Balaban J connectivity index is 1.46. The van der Waals surface area contributed by atoms with Gasteiger partial charge in [-0.25, -0.2) is 9.88 Å². The number of nitrogens with one attached hydrogen (secondary N) is 2. The molecule has 2 aromatic heterocycles. The first-order valence-corrected chi connectivity index (χ1v) is 14.5. The molecule has 7 rings (SSSR count). The lowest BCUT2D eigenvalue weighted by molar-refractivity contribution is -0.139. The number of pyridine rings is 1. The molecule has 0 bridgehead atoms. The first kappa shape index (κ1) is 25.2. The smallest absolute Gasteiger partial charge is 0.318 e. The first-order valence-electron chi connectivity index (χ1n) is 13.3. The molecule has 2 fully saturated rings. The van der Waals surface area contributed by atoms with E-state index in [4.69, 9.17) is 9.51 Å². The van der Waals surface area contributed by atoms with Crippen LogP contribution in [0.2, 0.25) is 0 Å². The molecule has 1 saturated heterocycles. The minimum atomic E-state index is -3.37. The Bertz CT molecular complexity index is 1780. The molecule has 0 radical (unpaired) electrons. The van der Waals surface area contributed by atoms with Gasteiger partial charge in [-0.1, -0.05) is 42.5 Å². The van der Waals surface area contributed by atoms with Crippen molar-refractivity contribution in [1.82, 2.24) is 20.2 Å². The van der Waals surface area contributed by atoms with E-state index in [1.54, 1.807) is 6.20 Å². The third-order valence-electron chi connectivity index (χ3n) is 8.19. The largest absolute Gasteiger partial charge is 0.360 e. The lowest BCUT2D eigenvalue weighted by Crippen LogP contribution is -2.52. The molecule has 2 aromatic carbocycles. The van der Waals surface area contributed by atoms with Gasteiger partial charge < -0.3 is 20.1 Å². The number of aromatic nitrogens is 2. The lowest BCUT2D eigenvalue weighted by atomic mass is 9.95. The molecule has 3 N–H and O–H groups in total. The molecule has 4 heterocycles. The molecule has 40 heavy (non-hydrogen) atoms. The standard InChI is InChI=1S/C29H28N5O5P/c1-17-5-4-8-20-21(14-30-25(17)20)23-24(28(36)34(27(23)35)16-39-40(37)38)26-19-7-3-2-6-18(19)13-22(32-26)33-12-11-31-29(15-33)9-10-29/h2-8,13-14,30-31,40H,9-12,15-16H2,1H3,(H,37,38). The summed E-state index contributed by atoms with van der Waals surface area (Å²) in [4.78, 5) is 48.6. The van der Waals surface area contributed by atoms with Crippen LogP contribution in [0.1, 0.15) is 29.7 Å². The quantitative estimate of drug-likeness (QED) is 0.242. The van der Waals surface area contributed by atoms with Crippen molar-refractivity contribution >= 4 is 58.7 Å². The number of amides is 2. The number of carbonyl (C=O) groups excluding carboxylic acids is 2. The summed E-state index contributed by atoms with van der Waals surface area (Å²) in [6, 6.07) is 15.5. The summed E-state index contributed by atoms with van der Waals surface area (Å²) in [5.41, 5.74) is 3.31. The monoisotopic (exact) mass is 557 g/mol. The Morgan fingerprint density at radius 3 is 2.65 bits per heavy atom. The summed E-state index contributed by atoms with van der Waals surface area (Å²) >= 11 is 0. The number of carbonyl (C=O) groups is 2. The van der Waals surface area contributed by atoms with E-state index in [1.165, 1.54) is 0 Å². The molecule has 1 aliphatic carbocycles. The van der Waals surface area contributed by atoms with Crippen LogP contribution in [0.5, 0.6) is 0 Å². The number of fused-ring (bicyclic) bond motifs is 2. The second-order valence-electron chi connectivity index (χ2n) is 10.7. The summed E-state index contributed by atoms with van der Waals surface area (Å²) in [5, 5.41) is 6.06. The third-order valence-corrected chi connectivity index (χ3v) is 8.57. The molecule has 10 nitrogen and oxygen atoms in total. The number of anilines is 1. The Morgan fingerprint density at radius 2 is 1.85 bits per heavy atom. The number of benzene rings is 2. The number of H-pyrrole nitrogens is 1. The van der Waals surface area contributed by atoms with E-state index in [-0.39, 0.29) is 16.7 Å². The highest BCUT2D eigenvalue weighted by atomic mass is 31.1. The Labute approximate surface area is 230 Å². The second-order valence-corrected chi connectivity index (χ2v) is 11.5. The summed E-state index contributed by atoms with van der Waals surface area (Å²) in [7, 11) is -3.37. The van der Waals surface area contributed by atoms with Gasteiger partial charge in [0.1, 0.15) is 12.5 Å². The average Bonchev–Trinajstić information content (AvgIpc) is 3.45. The predicted octanol–water partition coefficient (Wildman–Crippen LogP) is 3.60. The molecule has 4 aromatic rings. The number of para-hydroxylation sites is 1. The van der Waals surface area contributed by atoms with E-state index in [2.05, 4.69) is 15.2 Å². The van der Waals surface area contributed by atoms with E-state index in [0.717, 1.165) is 70.4 Å². The van der Waals surface area contributed by atoms with Crippen molar-refractivity contribution in [2.45, 2.75) is 25.3 Å². The van der Waals surface area contributed by atoms with Crippen LogP contribution >= 0.6 is 8.25 Å². The van der Waals surface area contributed by atoms with Crippen molar-refractivity contribution in [2.24, 2.45) is 0 Å². The molecule has 1 unspecified atom stereocenters. The van der Waals surface area contributed by atoms with Crippen LogP contribution < -0.4 is 10.2 Å². The van der Waals surface area contributed by atoms with Gasteiger partial charge >= 0.3 is 8.25 Å². The van der Waals surface area contributed by atoms with Crippen LogP contribution in [0, 0.1) is 6.92 Å². The number of piperazine rings is 1. The van der Waals surface area contributed by atoms with Crippen LogP contribution in [-0.4, -0.2) is 63.5 Å². The molecule has 1 spiro atoms. The van der Waals surface area contributed by atoms with E-state index >= 15 is 0 Å². The zero-order valence-corrected chi connectivity index (χ0v) is 22.9. The van der Waals surface area contributed by atoms with Crippen molar-refractivity contribution in [3.63, 3.8) is 0 Å². The molecule has 3 aliphatic rings. The molecular formula is C29H28N5O5P. The van der Waals surface area contributed by atoms with Gasteiger partial charge in [-0.2, -0.15) is 0 Å². The van der Waals surface area contributed by atoms with Gasteiger partial charge in [0.15, 0.2) is 0 Å². The van der Waals surface area contributed by atoms with Crippen molar-refractivity contribution in [3.05, 3.63) is 71.5 Å². The van der Waals surface area contributed by atoms with Crippen LogP contribution in [0.4, 0.5) is 5.82 Å². The van der Waals surface area contributed by atoms with Gasteiger partial charge in [0.25, 0.3) is 11.8 Å². The van der Waals surface area contributed by atoms with Gasteiger partial charge in [-0.3, -0.25) is 18.7 Å². The maximum atomic E-state index is 14.0. The molecule has 1 saturated carbocycles. The average molecular weight is 558 g/mol. The number of aryl methyl sites for hydroxylation is 1. The normalized spacial score (nSPS) is 19.4. The minimum absolute atomic E-state index is 0.118. The fourth-order valence-electron chi connectivity index (χ4n) is 5.97. The summed E-state index contributed by atoms with van der Waals surface area (Å²) < 4.78 is 16.2. The lowest BCUT2D eigenvalue weighted by Gasteiger charge is -2.35. The molecule has 2 amide bonds. The number of nitrogens with zero attached hydrogens (tertiary/aromatic N) is 3. The van der Waals surface area contributed by atoms with E-state index in [1.807, 2.05) is 55.5 Å². The van der Waals surface area contributed by atoms with Crippen LogP contribution in [0.25, 0.3) is 32.8 Å². The van der Waals surface area contributed by atoms with Crippen molar-refractivity contribution in [3.8, 4) is 0 Å². The maximum absolute atomic E-state index is 14.0. The number of aromatic amines is 1. The van der Waals surface area contributed by atoms with Gasteiger partial charge in [-0.05, 0) is 36.8 Å². The molecule has 11 heteroatoms. The zero-order chi connectivity index (χ0) is 27.6. The molecule has 2 aliphatic heterocycles. The summed E-state index contributed by atoms with van der Waals surface area (Å²) in [6.07, 6.45) is 3.97. The maximum Gasteiger partial charge on any atom is 0.318 e. The van der Waals surface area contributed by atoms with Crippen LogP contribution in [0.3, 0.4) is 0 Å². The molecule has 204 valence electrons. The minimum Gasteiger partial charge on any atom is -0.360 e. The van der Waals surface area contributed by atoms with Crippen LogP contribution in [0.15, 0.2) is 54.7 Å². The highest BCUT2D eigenvalue weighted by Gasteiger charge is 2.46. The van der Waals surface area contributed by atoms with Crippen molar-refractivity contribution in [1.29, 1.82) is 0 Å². The molecule has 1 atom stereocenters. The van der Waals surface area contributed by atoms with Crippen LogP contribution in [-0.2, 0) is 18.7 Å². The SMILES string of the molecule is Cc1cccc2c(C3=C(c4nc(N5CCNC6(CC6)C5)cc5ccccc45)C(=O)N(CO[PH](=O)O)C3=O)c[nH]c12. The van der Waals surface area contributed by atoms with Gasteiger partial charge in [0.05, 0.1) is 16.8 Å².